The highest BCUT2D eigenvalue weighted by Gasteiger charge is 2.12. The monoisotopic (exact) mass is 411 g/mol. The Bertz CT molecular complexity index is 1200. The van der Waals surface area contributed by atoms with Crippen molar-refractivity contribution in [2.24, 2.45) is 0 Å². The number of benzene rings is 4. The molecular weight excluding hydrogens is 386 g/mol. The van der Waals surface area contributed by atoms with Crippen LogP contribution in [0.15, 0.2) is 84.9 Å². The molecule has 0 radical (unpaired) electrons. The lowest BCUT2D eigenvalue weighted by Gasteiger charge is -2.14. The van der Waals surface area contributed by atoms with Crippen LogP contribution >= 0.6 is 0 Å². The maximum atomic E-state index is 12.7. The number of carbonyl (C=O) groups excluding carboxylic acids is 1. The molecule has 0 bridgehead atoms. The summed E-state index contributed by atoms with van der Waals surface area (Å²) in [6.45, 7) is 4.79. The van der Waals surface area contributed by atoms with Crippen molar-refractivity contribution < 1.29 is 14.3 Å². The number of fused-ring (bicyclic) bond motifs is 1. The van der Waals surface area contributed by atoms with E-state index in [4.69, 9.17) is 9.47 Å². The highest BCUT2D eigenvalue weighted by atomic mass is 16.5. The summed E-state index contributed by atoms with van der Waals surface area (Å²) in [6.07, 6.45) is 0. The third-order valence-electron chi connectivity index (χ3n) is 5.05. The van der Waals surface area contributed by atoms with E-state index >= 15 is 0 Å². The van der Waals surface area contributed by atoms with E-state index in [-0.39, 0.29) is 5.91 Å². The summed E-state index contributed by atoms with van der Waals surface area (Å²) in [6, 6.07) is 27.3. The molecule has 4 rings (SSSR count). The Balaban J connectivity index is 1.53. The molecular formula is C27H25NO3. The van der Waals surface area contributed by atoms with Gasteiger partial charge in [-0.05, 0) is 67.1 Å². The number of nitrogens with one attached hydrogen (secondary N) is 1. The molecule has 0 aliphatic heterocycles. The van der Waals surface area contributed by atoms with E-state index in [9.17, 15) is 4.79 Å². The lowest BCUT2D eigenvalue weighted by molar-refractivity contribution is 0.102. The van der Waals surface area contributed by atoms with Crippen molar-refractivity contribution in [2.45, 2.75) is 20.5 Å². The quantitative estimate of drug-likeness (QED) is 0.384. The molecule has 0 unspecified atom stereocenters. The third-order valence-corrected chi connectivity index (χ3v) is 5.05. The van der Waals surface area contributed by atoms with E-state index in [2.05, 4.69) is 17.4 Å². The first kappa shape index (κ1) is 20.5. The molecule has 1 amide bonds. The standard InChI is InChI=1S/C27H25NO3/c1-3-30-26-15-11-22(27(29)28-24-12-8-19(2)9-13-24)16-23(26)18-31-25-14-10-20-6-4-5-7-21(20)17-25/h4-17H,3,18H2,1-2H3,(H,28,29). The maximum absolute atomic E-state index is 12.7. The van der Waals surface area contributed by atoms with Gasteiger partial charge in [0.05, 0.1) is 6.61 Å². The average Bonchev–Trinajstić information content (AvgIpc) is 2.80. The summed E-state index contributed by atoms with van der Waals surface area (Å²) < 4.78 is 11.8. The zero-order valence-corrected chi connectivity index (χ0v) is 17.7. The molecule has 0 heterocycles. The van der Waals surface area contributed by atoms with Gasteiger partial charge < -0.3 is 14.8 Å². The fourth-order valence-corrected chi connectivity index (χ4v) is 3.39. The zero-order chi connectivity index (χ0) is 21.6. The van der Waals surface area contributed by atoms with Gasteiger partial charge in [0, 0.05) is 16.8 Å². The number of hydrogen-bond acceptors (Lipinski definition) is 3. The number of anilines is 1. The van der Waals surface area contributed by atoms with Crippen molar-refractivity contribution in [1.82, 2.24) is 0 Å². The Morgan fingerprint density at radius 3 is 2.39 bits per heavy atom. The lowest BCUT2D eigenvalue weighted by Crippen LogP contribution is -2.13. The lowest BCUT2D eigenvalue weighted by atomic mass is 10.1. The molecule has 0 saturated carbocycles. The first-order chi connectivity index (χ1) is 15.1. The van der Waals surface area contributed by atoms with Crippen molar-refractivity contribution >= 4 is 22.4 Å². The van der Waals surface area contributed by atoms with Gasteiger partial charge in [-0.2, -0.15) is 0 Å². The minimum atomic E-state index is -0.168. The summed E-state index contributed by atoms with van der Waals surface area (Å²) in [4.78, 5) is 12.7. The third kappa shape index (κ3) is 5.04. The number of ether oxygens (including phenoxy) is 2. The van der Waals surface area contributed by atoms with Crippen LogP contribution in [0.1, 0.15) is 28.4 Å². The molecule has 0 aromatic heterocycles. The summed E-state index contributed by atoms with van der Waals surface area (Å²) in [5.41, 5.74) is 3.29. The molecule has 4 aromatic carbocycles. The van der Waals surface area contributed by atoms with Crippen LogP contribution in [0.5, 0.6) is 11.5 Å². The van der Waals surface area contributed by atoms with Gasteiger partial charge in [0.2, 0.25) is 0 Å². The van der Waals surface area contributed by atoms with Crippen molar-refractivity contribution in [3.63, 3.8) is 0 Å². The fraction of sp³-hybridized carbons (Fsp3) is 0.148. The van der Waals surface area contributed by atoms with Crippen LogP contribution < -0.4 is 14.8 Å². The smallest absolute Gasteiger partial charge is 0.255 e. The minimum absolute atomic E-state index is 0.168. The molecule has 4 nitrogen and oxygen atoms in total. The molecule has 4 heteroatoms. The Morgan fingerprint density at radius 2 is 1.61 bits per heavy atom. The van der Waals surface area contributed by atoms with Crippen molar-refractivity contribution in [3.8, 4) is 11.5 Å². The van der Waals surface area contributed by atoms with Gasteiger partial charge in [0.25, 0.3) is 5.91 Å². The van der Waals surface area contributed by atoms with E-state index in [0.717, 1.165) is 33.7 Å². The molecule has 156 valence electrons. The van der Waals surface area contributed by atoms with E-state index in [0.29, 0.717) is 18.8 Å². The predicted molar refractivity (Wildman–Crippen MR) is 125 cm³/mol. The summed E-state index contributed by atoms with van der Waals surface area (Å²) in [5, 5.41) is 5.23. The number of hydrogen-bond donors (Lipinski definition) is 1. The summed E-state index contributed by atoms with van der Waals surface area (Å²) >= 11 is 0. The summed E-state index contributed by atoms with van der Waals surface area (Å²) in [5.74, 6) is 1.32. The number of rotatable bonds is 7. The molecule has 0 saturated heterocycles. The van der Waals surface area contributed by atoms with Gasteiger partial charge in [0.1, 0.15) is 18.1 Å². The maximum Gasteiger partial charge on any atom is 0.255 e. The molecule has 0 aliphatic rings. The highest BCUT2D eigenvalue weighted by Crippen LogP contribution is 2.25. The molecule has 0 aliphatic carbocycles. The van der Waals surface area contributed by atoms with E-state index in [1.54, 1.807) is 6.07 Å². The topological polar surface area (TPSA) is 47.6 Å². The summed E-state index contributed by atoms with van der Waals surface area (Å²) in [7, 11) is 0. The zero-order valence-electron chi connectivity index (χ0n) is 17.7. The van der Waals surface area contributed by atoms with Gasteiger partial charge in [-0.25, -0.2) is 0 Å². The SMILES string of the molecule is CCOc1ccc(C(=O)Nc2ccc(C)cc2)cc1COc1ccc2ccccc2c1. The molecule has 0 spiro atoms. The first-order valence-corrected chi connectivity index (χ1v) is 10.4. The Kier molecular flexibility index (Phi) is 6.18. The van der Waals surface area contributed by atoms with E-state index < -0.39 is 0 Å². The van der Waals surface area contributed by atoms with Crippen LogP contribution in [0.25, 0.3) is 10.8 Å². The van der Waals surface area contributed by atoms with E-state index in [1.165, 1.54) is 5.39 Å². The van der Waals surface area contributed by atoms with Gasteiger partial charge in [0.15, 0.2) is 0 Å². The molecule has 1 N–H and O–H groups in total. The van der Waals surface area contributed by atoms with Crippen molar-refractivity contribution in [1.29, 1.82) is 0 Å². The predicted octanol–water partition coefficient (Wildman–Crippen LogP) is 6.38. The molecule has 0 atom stereocenters. The average molecular weight is 412 g/mol. The minimum Gasteiger partial charge on any atom is -0.493 e. The van der Waals surface area contributed by atoms with Crippen LogP contribution in [0, 0.1) is 6.92 Å². The second kappa shape index (κ2) is 9.35. The van der Waals surface area contributed by atoms with Crippen LogP contribution in [0.2, 0.25) is 0 Å². The first-order valence-electron chi connectivity index (χ1n) is 10.4. The van der Waals surface area contributed by atoms with Gasteiger partial charge in [-0.1, -0.05) is 48.0 Å². The van der Waals surface area contributed by atoms with E-state index in [1.807, 2.05) is 80.6 Å². The molecule has 4 aromatic rings. The highest BCUT2D eigenvalue weighted by molar-refractivity contribution is 6.04. The van der Waals surface area contributed by atoms with Gasteiger partial charge in [-0.3, -0.25) is 4.79 Å². The van der Waals surface area contributed by atoms with Gasteiger partial charge in [-0.15, -0.1) is 0 Å². The normalized spacial score (nSPS) is 10.6. The largest absolute Gasteiger partial charge is 0.493 e. The van der Waals surface area contributed by atoms with Crippen molar-refractivity contribution in [3.05, 3.63) is 102 Å². The van der Waals surface area contributed by atoms with Crippen LogP contribution in [-0.2, 0) is 6.61 Å². The van der Waals surface area contributed by atoms with Crippen LogP contribution in [-0.4, -0.2) is 12.5 Å². The number of aryl methyl sites for hydroxylation is 1. The van der Waals surface area contributed by atoms with Gasteiger partial charge >= 0.3 is 0 Å². The molecule has 0 fully saturated rings. The van der Waals surface area contributed by atoms with Crippen molar-refractivity contribution in [2.75, 3.05) is 11.9 Å². The molecule has 31 heavy (non-hydrogen) atoms. The Hall–Kier alpha value is -3.79. The fourth-order valence-electron chi connectivity index (χ4n) is 3.39. The number of carbonyl (C=O) groups is 1. The van der Waals surface area contributed by atoms with Crippen LogP contribution in [0.4, 0.5) is 5.69 Å². The van der Waals surface area contributed by atoms with Crippen LogP contribution in [0.3, 0.4) is 0 Å². The number of amides is 1. The Morgan fingerprint density at radius 1 is 0.839 bits per heavy atom. The second-order valence-electron chi connectivity index (χ2n) is 7.37. The second-order valence-corrected chi connectivity index (χ2v) is 7.37. The Labute approximate surface area is 182 Å².